The van der Waals surface area contributed by atoms with Crippen molar-refractivity contribution in [2.45, 2.75) is 39.9 Å². The highest BCUT2D eigenvalue weighted by molar-refractivity contribution is 14.0. The van der Waals surface area contributed by atoms with Crippen molar-refractivity contribution in [2.24, 2.45) is 4.99 Å². The number of aliphatic imine (C=N–C) groups is 1. The highest BCUT2D eigenvalue weighted by Gasteiger charge is 2.11. The fourth-order valence-electron chi connectivity index (χ4n) is 2.38. The van der Waals surface area contributed by atoms with Crippen LogP contribution in [0, 0.1) is 0 Å². The summed E-state index contributed by atoms with van der Waals surface area (Å²) >= 11 is 0. The topological polar surface area (TPSA) is 54.2 Å². The Morgan fingerprint density at radius 1 is 1.20 bits per heavy atom. The Hall–Kier alpha value is -1.71. The maximum absolute atomic E-state index is 12.8. The first-order valence-corrected chi connectivity index (χ1v) is 8.04. The summed E-state index contributed by atoms with van der Waals surface area (Å²) in [5.74, 6) is 0.844. The number of benzene rings is 1. The zero-order valence-electron chi connectivity index (χ0n) is 14.4. The van der Waals surface area contributed by atoms with Crippen molar-refractivity contribution < 1.29 is 8.78 Å². The number of hydrogen-bond acceptors (Lipinski definition) is 2. The van der Waals surface area contributed by atoms with E-state index in [1.165, 1.54) is 18.0 Å². The van der Waals surface area contributed by atoms with E-state index < -0.39 is 6.55 Å². The van der Waals surface area contributed by atoms with Crippen LogP contribution in [0.5, 0.6) is 0 Å². The normalized spacial score (nSPS) is 11.3. The molecule has 1 aromatic carbocycles. The molecular weight excluding hydrogens is 439 g/mol. The predicted molar refractivity (Wildman–Crippen MR) is 106 cm³/mol. The fraction of sp³-hybridized carbons (Fsp3) is 0.412. The third-order valence-corrected chi connectivity index (χ3v) is 3.62. The van der Waals surface area contributed by atoms with Gasteiger partial charge in [-0.2, -0.15) is 8.78 Å². The first-order valence-electron chi connectivity index (χ1n) is 8.04. The summed E-state index contributed by atoms with van der Waals surface area (Å²) in [7, 11) is 0. The van der Waals surface area contributed by atoms with E-state index in [9.17, 15) is 8.78 Å². The van der Waals surface area contributed by atoms with Crippen LogP contribution in [-0.2, 0) is 19.5 Å². The van der Waals surface area contributed by atoms with Gasteiger partial charge in [0.05, 0.1) is 13.1 Å². The van der Waals surface area contributed by atoms with Gasteiger partial charge in [0, 0.05) is 18.9 Å². The number of rotatable bonds is 7. The number of aromatic nitrogens is 2. The van der Waals surface area contributed by atoms with E-state index in [-0.39, 0.29) is 36.3 Å². The SMILES string of the molecule is CCNC(=NCc1ccccc1CC)NCc1nccn1C(F)F.I. The van der Waals surface area contributed by atoms with Crippen LogP contribution in [0.2, 0.25) is 0 Å². The molecule has 138 valence electrons. The number of halogens is 3. The number of hydrogen-bond donors (Lipinski definition) is 2. The van der Waals surface area contributed by atoms with Crippen molar-refractivity contribution in [1.82, 2.24) is 20.2 Å². The average Bonchev–Trinajstić information content (AvgIpc) is 3.06. The molecule has 0 spiro atoms. The van der Waals surface area contributed by atoms with Gasteiger partial charge in [-0.3, -0.25) is 4.57 Å². The summed E-state index contributed by atoms with van der Waals surface area (Å²) in [5.41, 5.74) is 2.41. The van der Waals surface area contributed by atoms with Crippen molar-refractivity contribution in [1.29, 1.82) is 0 Å². The molecule has 1 aromatic heterocycles. The van der Waals surface area contributed by atoms with Crippen molar-refractivity contribution in [3.05, 3.63) is 53.6 Å². The molecule has 0 fully saturated rings. The molecule has 0 aliphatic carbocycles. The molecule has 2 N–H and O–H groups in total. The van der Waals surface area contributed by atoms with E-state index in [0.29, 0.717) is 19.0 Å². The Labute approximate surface area is 164 Å². The van der Waals surface area contributed by atoms with Gasteiger partial charge in [-0.25, -0.2) is 9.98 Å². The predicted octanol–water partition coefficient (Wildman–Crippen LogP) is 3.71. The highest BCUT2D eigenvalue weighted by Crippen LogP contribution is 2.12. The van der Waals surface area contributed by atoms with Crippen LogP contribution in [0.15, 0.2) is 41.7 Å². The first kappa shape index (κ1) is 21.3. The average molecular weight is 463 g/mol. The molecule has 2 rings (SSSR count). The van der Waals surface area contributed by atoms with Crippen molar-refractivity contribution in [2.75, 3.05) is 6.54 Å². The van der Waals surface area contributed by atoms with Crippen LogP contribution in [0.25, 0.3) is 0 Å². The van der Waals surface area contributed by atoms with E-state index in [2.05, 4.69) is 39.7 Å². The Morgan fingerprint density at radius 3 is 2.56 bits per heavy atom. The van der Waals surface area contributed by atoms with E-state index in [1.807, 2.05) is 19.1 Å². The molecule has 0 radical (unpaired) electrons. The van der Waals surface area contributed by atoms with Gasteiger partial charge in [-0.05, 0) is 24.5 Å². The van der Waals surface area contributed by atoms with Crippen LogP contribution in [0.4, 0.5) is 8.78 Å². The van der Waals surface area contributed by atoms with Gasteiger partial charge in [0.25, 0.3) is 0 Å². The molecular formula is C17H24F2IN5. The van der Waals surface area contributed by atoms with Crippen LogP contribution in [0.3, 0.4) is 0 Å². The van der Waals surface area contributed by atoms with Gasteiger partial charge < -0.3 is 10.6 Å². The number of nitrogens with one attached hydrogen (secondary N) is 2. The minimum absolute atomic E-state index is 0. The molecule has 0 aliphatic heterocycles. The lowest BCUT2D eigenvalue weighted by Crippen LogP contribution is -2.37. The molecule has 0 aliphatic rings. The minimum Gasteiger partial charge on any atom is -0.357 e. The summed E-state index contributed by atoms with van der Waals surface area (Å²) in [6.45, 7) is 2.86. The van der Waals surface area contributed by atoms with E-state index in [4.69, 9.17) is 0 Å². The Morgan fingerprint density at radius 2 is 1.92 bits per heavy atom. The number of alkyl halides is 2. The number of imidazole rings is 1. The van der Waals surface area contributed by atoms with E-state index >= 15 is 0 Å². The second-order valence-electron chi connectivity index (χ2n) is 5.20. The monoisotopic (exact) mass is 463 g/mol. The molecule has 0 unspecified atom stereocenters. The Bertz CT molecular complexity index is 673. The summed E-state index contributed by atoms with van der Waals surface area (Å²) in [4.78, 5) is 8.49. The molecule has 0 saturated carbocycles. The maximum Gasteiger partial charge on any atom is 0.319 e. The van der Waals surface area contributed by atoms with Crippen LogP contribution >= 0.6 is 24.0 Å². The molecule has 5 nitrogen and oxygen atoms in total. The molecule has 0 saturated heterocycles. The smallest absolute Gasteiger partial charge is 0.319 e. The maximum atomic E-state index is 12.8. The van der Waals surface area contributed by atoms with Gasteiger partial charge in [-0.1, -0.05) is 31.2 Å². The Kier molecular flexibility index (Phi) is 9.40. The number of aryl methyl sites for hydroxylation is 1. The van der Waals surface area contributed by atoms with Gasteiger partial charge in [0.2, 0.25) is 0 Å². The number of guanidine groups is 1. The molecule has 0 amide bonds. The van der Waals surface area contributed by atoms with Gasteiger partial charge in [-0.15, -0.1) is 24.0 Å². The summed E-state index contributed by atoms with van der Waals surface area (Å²) in [6, 6.07) is 8.14. The second kappa shape index (κ2) is 11.0. The zero-order valence-corrected chi connectivity index (χ0v) is 16.7. The van der Waals surface area contributed by atoms with Crippen LogP contribution in [0.1, 0.15) is 37.3 Å². The van der Waals surface area contributed by atoms with Gasteiger partial charge >= 0.3 is 6.55 Å². The summed E-state index contributed by atoms with van der Waals surface area (Å²) < 4.78 is 26.5. The van der Waals surface area contributed by atoms with E-state index in [0.717, 1.165) is 16.6 Å². The third kappa shape index (κ3) is 6.26. The molecule has 2 aromatic rings. The molecule has 1 heterocycles. The van der Waals surface area contributed by atoms with Crippen LogP contribution in [-0.4, -0.2) is 22.1 Å². The highest BCUT2D eigenvalue weighted by atomic mass is 127. The summed E-state index contributed by atoms with van der Waals surface area (Å²) in [6.07, 6.45) is 3.58. The van der Waals surface area contributed by atoms with Gasteiger partial charge in [0.1, 0.15) is 5.82 Å². The largest absolute Gasteiger partial charge is 0.357 e. The van der Waals surface area contributed by atoms with Crippen molar-refractivity contribution in [3.8, 4) is 0 Å². The van der Waals surface area contributed by atoms with Crippen molar-refractivity contribution >= 4 is 29.9 Å². The van der Waals surface area contributed by atoms with Crippen molar-refractivity contribution in [3.63, 3.8) is 0 Å². The quantitative estimate of drug-likeness (QED) is 0.374. The summed E-state index contributed by atoms with van der Waals surface area (Å²) in [5, 5.41) is 6.16. The first-order chi connectivity index (χ1) is 11.7. The number of nitrogens with zero attached hydrogens (tertiary/aromatic N) is 3. The third-order valence-electron chi connectivity index (χ3n) is 3.62. The van der Waals surface area contributed by atoms with Crippen LogP contribution < -0.4 is 10.6 Å². The Balaban J connectivity index is 0.00000312. The zero-order chi connectivity index (χ0) is 17.4. The lowest BCUT2D eigenvalue weighted by atomic mass is 10.1. The second-order valence-corrected chi connectivity index (χ2v) is 5.20. The fourth-order valence-corrected chi connectivity index (χ4v) is 2.38. The lowest BCUT2D eigenvalue weighted by molar-refractivity contribution is 0.0668. The van der Waals surface area contributed by atoms with E-state index in [1.54, 1.807) is 0 Å². The molecule has 8 heteroatoms. The standard InChI is InChI=1S/C17H23F2N5.HI/c1-3-13-7-5-6-8-14(13)11-22-17(20-4-2)23-12-15-21-9-10-24(15)16(18)19;/h5-10,16H,3-4,11-12H2,1-2H3,(H2,20,22,23);1H. The molecule has 0 bridgehead atoms. The van der Waals surface area contributed by atoms with Gasteiger partial charge in [0.15, 0.2) is 5.96 Å². The molecule has 25 heavy (non-hydrogen) atoms. The molecule has 0 atom stereocenters. The lowest BCUT2D eigenvalue weighted by Gasteiger charge is -2.13. The minimum atomic E-state index is -2.60.